The van der Waals surface area contributed by atoms with Crippen LogP contribution in [0, 0.1) is 14.9 Å². The zero-order chi connectivity index (χ0) is 10.7. The normalized spacial score (nSPS) is 10.0. The summed E-state index contributed by atoms with van der Waals surface area (Å²) in [5.74, 6) is 0.187. The summed E-state index contributed by atoms with van der Waals surface area (Å²) in [6, 6.07) is 1.71. The van der Waals surface area contributed by atoms with Crippen LogP contribution < -0.4 is 4.74 Å². The second-order valence-electron chi connectivity index (χ2n) is 2.32. The Labute approximate surface area is 92.8 Å². The van der Waals surface area contributed by atoms with Gasteiger partial charge in [-0.3, -0.25) is 0 Å². The summed E-state index contributed by atoms with van der Waals surface area (Å²) in [6.45, 7) is 0. The molecule has 0 saturated carbocycles. The van der Waals surface area contributed by atoms with Gasteiger partial charge in [-0.15, -0.1) is 0 Å². The number of rotatable bonds is 2. The number of ether oxygens (including phenoxy) is 1. The van der Waals surface area contributed by atoms with Crippen molar-refractivity contribution in [2.75, 3.05) is 7.11 Å². The molecule has 0 atom stereocenters. The molecule has 0 saturated heterocycles. The average Bonchev–Trinajstić information content (AvgIpc) is 2.17. The van der Waals surface area contributed by atoms with E-state index in [0.717, 1.165) is 6.20 Å². The van der Waals surface area contributed by atoms with Crippen LogP contribution in [-0.2, 0) is 0 Å². The summed E-state index contributed by atoms with van der Waals surface area (Å²) in [5.41, 5.74) is -0.440. The first kappa shape index (κ1) is 11.1. The average molecular weight is 310 g/mol. The molecule has 0 aliphatic carbocycles. The Bertz CT molecular complexity index is 390. The van der Waals surface area contributed by atoms with Crippen molar-refractivity contribution in [1.29, 1.82) is 5.26 Å². The van der Waals surface area contributed by atoms with Crippen LogP contribution in [0.4, 0.5) is 8.78 Å². The minimum absolute atomic E-state index is 0.0764. The molecule has 1 aromatic heterocycles. The summed E-state index contributed by atoms with van der Waals surface area (Å²) >= 11 is 1.76. The first-order chi connectivity index (χ1) is 6.61. The van der Waals surface area contributed by atoms with Crippen molar-refractivity contribution in [3.8, 4) is 11.9 Å². The highest BCUT2D eigenvalue weighted by molar-refractivity contribution is 14.1. The molecule has 6 heteroatoms. The summed E-state index contributed by atoms with van der Waals surface area (Å²) in [4.78, 5) is 3.67. The number of hydrogen-bond donors (Lipinski definition) is 0. The smallest absolute Gasteiger partial charge is 0.266 e. The van der Waals surface area contributed by atoms with Gasteiger partial charge in [0.25, 0.3) is 6.43 Å². The Hall–Kier alpha value is -0.970. The number of pyridine rings is 1. The van der Waals surface area contributed by atoms with Crippen LogP contribution in [0.25, 0.3) is 0 Å². The van der Waals surface area contributed by atoms with Gasteiger partial charge in [-0.2, -0.15) is 5.26 Å². The van der Waals surface area contributed by atoms with E-state index < -0.39 is 6.43 Å². The minimum atomic E-state index is -2.70. The Morgan fingerprint density at radius 2 is 2.29 bits per heavy atom. The Morgan fingerprint density at radius 1 is 1.64 bits per heavy atom. The molecular weight excluding hydrogens is 305 g/mol. The molecule has 0 unspecified atom stereocenters. The molecule has 1 rings (SSSR count). The van der Waals surface area contributed by atoms with E-state index >= 15 is 0 Å². The third kappa shape index (κ3) is 1.92. The predicted octanol–water partition coefficient (Wildman–Crippen LogP) is 2.50. The number of nitriles is 1. The van der Waals surface area contributed by atoms with E-state index in [1.54, 1.807) is 28.7 Å². The van der Waals surface area contributed by atoms with Crippen LogP contribution in [0.5, 0.6) is 5.88 Å². The van der Waals surface area contributed by atoms with Gasteiger partial charge in [0.2, 0.25) is 5.88 Å². The maximum atomic E-state index is 12.4. The molecular formula is C8H5F2IN2O. The van der Waals surface area contributed by atoms with E-state index in [4.69, 9.17) is 10.00 Å². The lowest BCUT2D eigenvalue weighted by Crippen LogP contribution is -1.99. The fourth-order valence-electron chi connectivity index (χ4n) is 0.904. The largest absolute Gasteiger partial charge is 0.480 e. The molecule has 74 valence electrons. The monoisotopic (exact) mass is 310 g/mol. The maximum Gasteiger partial charge on any atom is 0.266 e. The van der Waals surface area contributed by atoms with Crippen molar-refractivity contribution in [2.24, 2.45) is 0 Å². The Morgan fingerprint density at radius 3 is 2.71 bits per heavy atom. The highest BCUT2D eigenvalue weighted by atomic mass is 127. The lowest BCUT2D eigenvalue weighted by molar-refractivity contribution is 0.150. The highest BCUT2D eigenvalue weighted by Gasteiger charge is 2.19. The number of alkyl halides is 2. The number of methoxy groups -OCH3 is 1. The first-order valence-corrected chi connectivity index (χ1v) is 4.60. The molecule has 3 nitrogen and oxygen atoms in total. The number of nitrogens with zero attached hydrogens (tertiary/aromatic N) is 2. The Balaban J connectivity index is 3.38. The van der Waals surface area contributed by atoms with Crippen molar-refractivity contribution < 1.29 is 13.5 Å². The van der Waals surface area contributed by atoms with E-state index in [9.17, 15) is 8.78 Å². The van der Waals surface area contributed by atoms with E-state index in [1.165, 1.54) is 7.11 Å². The van der Waals surface area contributed by atoms with E-state index in [0.29, 0.717) is 3.57 Å². The lowest BCUT2D eigenvalue weighted by Gasteiger charge is -2.07. The van der Waals surface area contributed by atoms with Gasteiger partial charge in [0, 0.05) is 6.20 Å². The van der Waals surface area contributed by atoms with Crippen LogP contribution in [0.3, 0.4) is 0 Å². The van der Waals surface area contributed by atoms with Gasteiger partial charge in [0.05, 0.1) is 21.8 Å². The van der Waals surface area contributed by atoms with Gasteiger partial charge in [0.15, 0.2) is 0 Å². The van der Waals surface area contributed by atoms with E-state index in [2.05, 4.69) is 4.98 Å². The third-order valence-corrected chi connectivity index (χ3v) is 2.56. The second-order valence-corrected chi connectivity index (χ2v) is 3.40. The molecule has 0 fully saturated rings. The van der Waals surface area contributed by atoms with Gasteiger partial charge in [0.1, 0.15) is 6.07 Å². The predicted molar refractivity (Wildman–Crippen MR) is 53.2 cm³/mol. The molecule has 0 aliphatic heterocycles. The maximum absolute atomic E-state index is 12.4. The molecule has 0 aromatic carbocycles. The zero-order valence-corrected chi connectivity index (χ0v) is 9.25. The van der Waals surface area contributed by atoms with Crippen molar-refractivity contribution in [2.45, 2.75) is 6.43 Å². The van der Waals surface area contributed by atoms with Crippen molar-refractivity contribution in [3.63, 3.8) is 0 Å². The lowest BCUT2D eigenvalue weighted by atomic mass is 10.1. The van der Waals surface area contributed by atoms with Crippen LogP contribution >= 0.6 is 22.6 Å². The summed E-state index contributed by atoms with van der Waals surface area (Å²) in [6.07, 6.45) is -1.74. The van der Waals surface area contributed by atoms with Crippen molar-refractivity contribution in [3.05, 3.63) is 20.9 Å². The topological polar surface area (TPSA) is 45.9 Å². The molecule has 1 aromatic rings. The van der Waals surface area contributed by atoms with E-state index in [-0.39, 0.29) is 17.0 Å². The van der Waals surface area contributed by atoms with Crippen LogP contribution in [-0.4, -0.2) is 12.1 Å². The molecule has 0 aliphatic rings. The van der Waals surface area contributed by atoms with Crippen LogP contribution in [0.2, 0.25) is 0 Å². The third-order valence-electron chi connectivity index (χ3n) is 1.56. The summed E-state index contributed by atoms with van der Waals surface area (Å²) < 4.78 is 29.9. The van der Waals surface area contributed by atoms with Gasteiger partial charge in [-0.05, 0) is 22.6 Å². The minimum Gasteiger partial charge on any atom is -0.480 e. The fraction of sp³-hybridized carbons (Fsp3) is 0.250. The Kier molecular flexibility index (Phi) is 3.57. The fourth-order valence-corrected chi connectivity index (χ4v) is 1.70. The van der Waals surface area contributed by atoms with Crippen molar-refractivity contribution in [1.82, 2.24) is 4.98 Å². The van der Waals surface area contributed by atoms with Gasteiger partial charge in [-0.25, -0.2) is 13.8 Å². The number of aromatic nitrogens is 1. The molecule has 14 heavy (non-hydrogen) atoms. The number of halogens is 3. The molecule has 1 heterocycles. The van der Waals surface area contributed by atoms with Crippen molar-refractivity contribution >= 4 is 22.6 Å². The van der Waals surface area contributed by atoms with Crippen LogP contribution in [0.15, 0.2) is 6.20 Å². The SMILES string of the molecule is COc1ncc(C(F)F)c(C#N)c1I. The molecule has 0 bridgehead atoms. The van der Waals surface area contributed by atoms with E-state index in [1.807, 2.05) is 0 Å². The van der Waals surface area contributed by atoms with Gasteiger partial charge >= 0.3 is 0 Å². The highest BCUT2D eigenvalue weighted by Crippen LogP contribution is 2.29. The number of hydrogen-bond acceptors (Lipinski definition) is 3. The standard InChI is InChI=1S/C8H5F2IN2O/c1-14-8-6(11)4(2-12)5(3-13-8)7(9)10/h3,7H,1H3. The van der Waals surface area contributed by atoms with Crippen LogP contribution in [0.1, 0.15) is 17.6 Å². The second kappa shape index (κ2) is 4.50. The summed E-state index contributed by atoms with van der Waals surface area (Å²) in [7, 11) is 1.37. The first-order valence-electron chi connectivity index (χ1n) is 3.52. The summed E-state index contributed by atoms with van der Waals surface area (Å²) in [5, 5.41) is 8.70. The quantitative estimate of drug-likeness (QED) is 0.789. The molecule has 0 amide bonds. The van der Waals surface area contributed by atoms with Gasteiger partial charge < -0.3 is 4.74 Å². The molecule has 0 N–H and O–H groups in total. The van der Waals surface area contributed by atoms with Gasteiger partial charge in [-0.1, -0.05) is 0 Å². The zero-order valence-electron chi connectivity index (χ0n) is 7.09. The molecule has 0 spiro atoms. The molecule has 0 radical (unpaired) electrons.